The van der Waals surface area contributed by atoms with E-state index in [1.165, 1.54) is 0 Å². The standard InChI is InChI=1S/C11H12ClN3O2S2/c12-8-3-4-9-11(15-18-14-9)10(8)13-7-2-1-5-19(16,17)6-7/h3-4,7,13H,1-2,5-6H2. The number of nitrogens with zero attached hydrogens (tertiary/aromatic N) is 2. The van der Waals surface area contributed by atoms with Crippen LogP contribution in [0.1, 0.15) is 12.8 Å². The summed E-state index contributed by atoms with van der Waals surface area (Å²) in [5.41, 5.74) is 2.17. The summed E-state index contributed by atoms with van der Waals surface area (Å²) in [6.07, 6.45) is 1.51. The Morgan fingerprint density at radius 3 is 3.00 bits per heavy atom. The minimum Gasteiger partial charge on any atom is -0.378 e. The van der Waals surface area contributed by atoms with Gasteiger partial charge < -0.3 is 5.32 Å². The molecular weight excluding hydrogens is 306 g/mol. The van der Waals surface area contributed by atoms with Crippen molar-refractivity contribution in [2.45, 2.75) is 18.9 Å². The molecule has 0 amide bonds. The van der Waals surface area contributed by atoms with Crippen LogP contribution < -0.4 is 5.32 Å². The zero-order valence-electron chi connectivity index (χ0n) is 9.97. The Balaban J connectivity index is 1.93. The summed E-state index contributed by atoms with van der Waals surface area (Å²) >= 11 is 7.30. The predicted octanol–water partition coefficient (Wildman–Crippen LogP) is 2.33. The van der Waals surface area contributed by atoms with Crippen LogP contribution in [0.4, 0.5) is 5.69 Å². The molecule has 5 nitrogen and oxygen atoms in total. The van der Waals surface area contributed by atoms with Gasteiger partial charge in [0.1, 0.15) is 11.0 Å². The molecule has 1 aliphatic heterocycles. The van der Waals surface area contributed by atoms with Crippen LogP contribution in [-0.2, 0) is 9.84 Å². The number of rotatable bonds is 2. The highest BCUT2D eigenvalue weighted by Crippen LogP contribution is 2.31. The lowest BCUT2D eigenvalue weighted by Crippen LogP contribution is -2.34. The SMILES string of the molecule is O=S1(=O)CCCC(Nc2c(Cl)ccc3nsnc23)C1. The average molecular weight is 318 g/mol. The minimum atomic E-state index is -2.94. The van der Waals surface area contributed by atoms with Crippen molar-refractivity contribution in [3.8, 4) is 0 Å². The van der Waals surface area contributed by atoms with E-state index in [0.29, 0.717) is 22.6 Å². The lowest BCUT2D eigenvalue weighted by Gasteiger charge is -2.24. The van der Waals surface area contributed by atoms with E-state index in [9.17, 15) is 8.42 Å². The normalized spacial score (nSPS) is 22.5. The molecule has 1 fully saturated rings. The van der Waals surface area contributed by atoms with Gasteiger partial charge in [-0.2, -0.15) is 8.75 Å². The van der Waals surface area contributed by atoms with Gasteiger partial charge in [0.05, 0.1) is 33.9 Å². The molecule has 0 bridgehead atoms. The van der Waals surface area contributed by atoms with Crippen molar-refractivity contribution < 1.29 is 8.42 Å². The maximum Gasteiger partial charge on any atom is 0.152 e. The highest BCUT2D eigenvalue weighted by atomic mass is 35.5. The molecule has 102 valence electrons. The van der Waals surface area contributed by atoms with E-state index >= 15 is 0 Å². The summed E-state index contributed by atoms with van der Waals surface area (Å²) in [6, 6.07) is 3.46. The maximum absolute atomic E-state index is 11.7. The molecule has 0 radical (unpaired) electrons. The largest absolute Gasteiger partial charge is 0.378 e. The van der Waals surface area contributed by atoms with Crippen molar-refractivity contribution in [1.82, 2.24) is 8.75 Å². The summed E-state index contributed by atoms with van der Waals surface area (Å²) in [7, 11) is -2.94. The smallest absolute Gasteiger partial charge is 0.152 e. The van der Waals surface area contributed by atoms with Crippen molar-refractivity contribution in [3.63, 3.8) is 0 Å². The van der Waals surface area contributed by atoms with Crippen LogP contribution in [0.3, 0.4) is 0 Å². The number of aromatic nitrogens is 2. The van der Waals surface area contributed by atoms with E-state index in [0.717, 1.165) is 23.7 Å². The van der Waals surface area contributed by atoms with E-state index in [1.54, 1.807) is 6.07 Å². The molecule has 0 saturated carbocycles. The van der Waals surface area contributed by atoms with Gasteiger partial charge >= 0.3 is 0 Å². The van der Waals surface area contributed by atoms with E-state index in [2.05, 4.69) is 14.1 Å². The number of fused-ring (bicyclic) bond motifs is 1. The Kier molecular flexibility index (Phi) is 3.36. The number of hydrogen-bond donors (Lipinski definition) is 1. The van der Waals surface area contributed by atoms with E-state index in [-0.39, 0.29) is 17.5 Å². The fourth-order valence-electron chi connectivity index (χ4n) is 2.30. The second kappa shape index (κ2) is 4.88. The van der Waals surface area contributed by atoms with Crippen LogP contribution in [0.25, 0.3) is 11.0 Å². The van der Waals surface area contributed by atoms with Gasteiger partial charge in [0.25, 0.3) is 0 Å². The van der Waals surface area contributed by atoms with E-state index in [4.69, 9.17) is 11.6 Å². The molecule has 1 saturated heterocycles. The third-order valence-corrected chi connectivity index (χ3v) is 5.87. The topological polar surface area (TPSA) is 72.0 Å². The van der Waals surface area contributed by atoms with Crippen molar-refractivity contribution in [2.75, 3.05) is 16.8 Å². The molecule has 1 atom stereocenters. The number of benzene rings is 1. The second-order valence-electron chi connectivity index (χ2n) is 4.65. The van der Waals surface area contributed by atoms with Crippen LogP contribution in [0.2, 0.25) is 5.02 Å². The Hall–Kier alpha value is -0.920. The minimum absolute atomic E-state index is 0.108. The van der Waals surface area contributed by atoms with Crippen LogP contribution >= 0.6 is 23.3 Å². The molecule has 8 heteroatoms. The van der Waals surface area contributed by atoms with Crippen molar-refractivity contribution in [3.05, 3.63) is 17.2 Å². The lowest BCUT2D eigenvalue weighted by atomic mass is 10.1. The zero-order valence-corrected chi connectivity index (χ0v) is 12.4. The molecule has 1 aromatic heterocycles. The van der Waals surface area contributed by atoms with Gasteiger partial charge in [0.15, 0.2) is 9.84 Å². The molecule has 1 N–H and O–H groups in total. The van der Waals surface area contributed by atoms with Crippen molar-refractivity contribution in [1.29, 1.82) is 0 Å². The Bertz CT molecular complexity index is 714. The summed E-state index contributed by atoms with van der Waals surface area (Å²) in [5, 5.41) is 3.77. The Labute approximate surface area is 120 Å². The summed E-state index contributed by atoms with van der Waals surface area (Å²) in [5.74, 6) is 0.429. The quantitative estimate of drug-likeness (QED) is 0.920. The third kappa shape index (κ3) is 2.68. The van der Waals surface area contributed by atoms with Crippen LogP contribution in [-0.4, -0.2) is 34.7 Å². The first-order valence-corrected chi connectivity index (χ1v) is 8.86. The molecule has 1 aromatic carbocycles. The molecule has 3 rings (SSSR count). The van der Waals surface area contributed by atoms with Gasteiger partial charge in [0, 0.05) is 6.04 Å². The molecule has 2 aromatic rings. The third-order valence-electron chi connectivity index (χ3n) is 3.19. The molecule has 1 aliphatic rings. The van der Waals surface area contributed by atoms with Crippen LogP contribution in [0.5, 0.6) is 0 Å². The number of sulfone groups is 1. The van der Waals surface area contributed by atoms with Crippen molar-refractivity contribution >= 4 is 49.9 Å². The number of hydrogen-bond acceptors (Lipinski definition) is 6. The molecular formula is C11H12ClN3O2S2. The van der Waals surface area contributed by atoms with Crippen molar-refractivity contribution in [2.24, 2.45) is 0 Å². The fourth-order valence-corrected chi connectivity index (χ4v) is 4.69. The lowest BCUT2D eigenvalue weighted by molar-refractivity contribution is 0.562. The summed E-state index contributed by atoms with van der Waals surface area (Å²) in [4.78, 5) is 0. The highest BCUT2D eigenvalue weighted by Gasteiger charge is 2.25. The Morgan fingerprint density at radius 2 is 2.21 bits per heavy atom. The molecule has 0 spiro atoms. The monoisotopic (exact) mass is 317 g/mol. The van der Waals surface area contributed by atoms with E-state index < -0.39 is 9.84 Å². The fraction of sp³-hybridized carbons (Fsp3) is 0.455. The van der Waals surface area contributed by atoms with Gasteiger partial charge in [-0.3, -0.25) is 0 Å². The first kappa shape index (κ1) is 13.1. The molecule has 19 heavy (non-hydrogen) atoms. The zero-order chi connectivity index (χ0) is 13.5. The van der Waals surface area contributed by atoms with Gasteiger partial charge in [-0.1, -0.05) is 11.6 Å². The Morgan fingerprint density at radius 1 is 1.37 bits per heavy atom. The first-order chi connectivity index (χ1) is 9.05. The average Bonchev–Trinajstić information content (AvgIpc) is 2.80. The predicted molar refractivity (Wildman–Crippen MR) is 77.7 cm³/mol. The molecule has 2 heterocycles. The van der Waals surface area contributed by atoms with Crippen LogP contribution in [0.15, 0.2) is 12.1 Å². The summed E-state index contributed by atoms with van der Waals surface area (Å²) < 4.78 is 31.7. The highest BCUT2D eigenvalue weighted by molar-refractivity contribution is 7.91. The van der Waals surface area contributed by atoms with Gasteiger partial charge in [0.2, 0.25) is 0 Å². The number of nitrogens with one attached hydrogen (secondary N) is 1. The summed E-state index contributed by atoms with van der Waals surface area (Å²) in [6.45, 7) is 0. The van der Waals surface area contributed by atoms with Gasteiger partial charge in [-0.05, 0) is 25.0 Å². The van der Waals surface area contributed by atoms with Gasteiger partial charge in [-0.25, -0.2) is 8.42 Å². The second-order valence-corrected chi connectivity index (χ2v) is 7.82. The van der Waals surface area contributed by atoms with E-state index in [1.807, 2.05) is 6.07 Å². The van der Waals surface area contributed by atoms with Crippen LogP contribution in [0, 0.1) is 0 Å². The first-order valence-electron chi connectivity index (χ1n) is 5.93. The molecule has 1 unspecified atom stereocenters. The maximum atomic E-state index is 11.7. The van der Waals surface area contributed by atoms with Gasteiger partial charge in [-0.15, -0.1) is 0 Å². The number of halogens is 1. The number of anilines is 1. The molecule has 0 aliphatic carbocycles.